The predicted octanol–water partition coefficient (Wildman–Crippen LogP) is 0.607. The Bertz CT molecular complexity index is 815. The lowest BCUT2D eigenvalue weighted by molar-refractivity contribution is 0.250. The molecular formula is C15H14BN2O3-. The minimum absolute atomic E-state index is 0.0711. The van der Waals surface area contributed by atoms with E-state index >= 15 is 0 Å². The van der Waals surface area contributed by atoms with Crippen molar-refractivity contribution in [1.29, 1.82) is 0 Å². The Labute approximate surface area is 121 Å². The summed E-state index contributed by atoms with van der Waals surface area (Å²) in [4.78, 5) is 4.04. The number of benzene rings is 2. The lowest BCUT2D eigenvalue weighted by Crippen LogP contribution is -2.48. The number of pyridine rings is 1. The minimum atomic E-state index is -3.50. The first kappa shape index (κ1) is 13.6. The van der Waals surface area contributed by atoms with Gasteiger partial charge in [0, 0.05) is 11.6 Å². The number of nitrogen functional groups attached to an aromatic ring is 1. The number of fused-ring (bicyclic) bond motifs is 1. The molecule has 0 spiro atoms. The van der Waals surface area contributed by atoms with Gasteiger partial charge in [-0.3, -0.25) is 0 Å². The maximum Gasteiger partial charge on any atom is 0.402 e. The van der Waals surface area contributed by atoms with Crippen LogP contribution in [0, 0.1) is 0 Å². The van der Waals surface area contributed by atoms with Crippen LogP contribution in [0.3, 0.4) is 0 Å². The van der Waals surface area contributed by atoms with E-state index in [1.54, 1.807) is 18.3 Å². The number of anilines is 1. The highest BCUT2D eigenvalue weighted by Crippen LogP contribution is 2.26. The van der Waals surface area contributed by atoms with Gasteiger partial charge in [0.05, 0.1) is 0 Å². The lowest BCUT2D eigenvalue weighted by Gasteiger charge is -2.22. The first-order valence-electron chi connectivity index (χ1n) is 6.52. The maximum absolute atomic E-state index is 9.32. The first-order chi connectivity index (χ1) is 9.95. The van der Waals surface area contributed by atoms with E-state index in [-0.39, 0.29) is 5.46 Å². The standard InChI is InChI=1S/C15H14BN2O3/c17-15-14-5-4-11(8-12(14)6-7-18-15)10-2-1-3-13(9-10)16(19,20)21/h1-9,19-21H,(H2,17,18)/q-1. The monoisotopic (exact) mass is 281 g/mol. The lowest BCUT2D eigenvalue weighted by atomic mass is 9.70. The van der Waals surface area contributed by atoms with Gasteiger partial charge >= 0.3 is 6.75 Å². The Hall–Kier alpha value is -2.41. The number of nitrogens with zero attached hydrogens (tertiary/aromatic N) is 1. The quantitative estimate of drug-likeness (QED) is 0.516. The zero-order chi connectivity index (χ0) is 15.0. The zero-order valence-corrected chi connectivity index (χ0v) is 11.1. The smallest absolute Gasteiger partial charge is 0.402 e. The molecule has 0 aliphatic heterocycles. The van der Waals surface area contributed by atoms with Crippen molar-refractivity contribution in [3.63, 3.8) is 0 Å². The Kier molecular flexibility index (Phi) is 3.14. The molecule has 3 rings (SSSR count). The molecule has 6 heteroatoms. The third-order valence-electron chi connectivity index (χ3n) is 3.46. The van der Waals surface area contributed by atoms with Crippen molar-refractivity contribution in [3.8, 4) is 11.1 Å². The van der Waals surface area contributed by atoms with Gasteiger partial charge in [0.2, 0.25) is 0 Å². The molecule has 5 nitrogen and oxygen atoms in total. The highest BCUT2D eigenvalue weighted by atomic mass is 16.5. The van der Waals surface area contributed by atoms with E-state index in [1.807, 2.05) is 30.3 Å². The molecule has 0 saturated heterocycles. The molecule has 0 bridgehead atoms. The van der Waals surface area contributed by atoms with E-state index in [2.05, 4.69) is 4.98 Å². The Morgan fingerprint density at radius 3 is 2.43 bits per heavy atom. The molecule has 0 fully saturated rings. The molecule has 0 aliphatic rings. The summed E-state index contributed by atoms with van der Waals surface area (Å²) in [6.45, 7) is -3.50. The van der Waals surface area contributed by atoms with Crippen LogP contribution in [0.1, 0.15) is 0 Å². The van der Waals surface area contributed by atoms with Crippen LogP contribution < -0.4 is 11.2 Å². The van der Waals surface area contributed by atoms with Gasteiger partial charge in [-0.1, -0.05) is 36.4 Å². The molecule has 0 radical (unpaired) electrons. The van der Waals surface area contributed by atoms with Crippen molar-refractivity contribution in [2.45, 2.75) is 0 Å². The fraction of sp³-hybridized carbons (Fsp3) is 0. The molecule has 5 N–H and O–H groups in total. The van der Waals surface area contributed by atoms with Gasteiger partial charge < -0.3 is 20.8 Å². The van der Waals surface area contributed by atoms with Gasteiger partial charge in [0.1, 0.15) is 5.82 Å². The van der Waals surface area contributed by atoms with Gasteiger partial charge in [-0.05, 0) is 28.6 Å². The van der Waals surface area contributed by atoms with Crippen molar-refractivity contribution in [3.05, 3.63) is 54.7 Å². The van der Waals surface area contributed by atoms with Crippen molar-refractivity contribution in [2.75, 3.05) is 5.73 Å². The average molecular weight is 281 g/mol. The van der Waals surface area contributed by atoms with Crippen molar-refractivity contribution < 1.29 is 15.1 Å². The highest BCUT2D eigenvalue weighted by Gasteiger charge is 2.18. The highest BCUT2D eigenvalue weighted by molar-refractivity contribution is 6.71. The number of aromatic nitrogens is 1. The van der Waals surface area contributed by atoms with Gasteiger partial charge in [-0.15, -0.1) is 5.46 Å². The topological polar surface area (TPSA) is 99.6 Å². The summed E-state index contributed by atoms with van der Waals surface area (Å²) in [7, 11) is 0. The van der Waals surface area contributed by atoms with Crippen LogP contribution in [-0.2, 0) is 0 Å². The van der Waals surface area contributed by atoms with E-state index in [4.69, 9.17) is 5.73 Å². The second kappa shape index (κ2) is 4.85. The first-order valence-corrected chi connectivity index (χ1v) is 6.52. The normalized spacial score (nSPS) is 11.8. The van der Waals surface area contributed by atoms with E-state index in [1.165, 1.54) is 6.07 Å². The Balaban J connectivity index is 2.13. The summed E-state index contributed by atoms with van der Waals surface area (Å²) in [5.74, 6) is 0.469. The second-order valence-electron chi connectivity index (χ2n) is 4.99. The van der Waals surface area contributed by atoms with Crippen LogP contribution in [0.5, 0.6) is 0 Å². The van der Waals surface area contributed by atoms with Crippen molar-refractivity contribution in [2.24, 2.45) is 0 Å². The molecule has 1 aromatic heterocycles. The summed E-state index contributed by atoms with van der Waals surface area (Å²) in [5, 5.41) is 29.8. The molecule has 0 amide bonds. The Morgan fingerprint density at radius 2 is 1.67 bits per heavy atom. The third kappa shape index (κ3) is 2.60. The fourth-order valence-corrected chi connectivity index (χ4v) is 2.34. The number of hydrogen-bond acceptors (Lipinski definition) is 5. The molecule has 0 atom stereocenters. The van der Waals surface area contributed by atoms with Crippen LogP contribution in [-0.4, -0.2) is 26.8 Å². The van der Waals surface area contributed by atoms with Gasteiger partial charge in [0.25, 0.3) is 0 Å². The number of nitrogens with two attached hydrogens (primary N) is 1. The molecule has 0 saturated carbocycles. The average Bonchev–Trinajstić information content (AvgIpc) is 2.46. The van der Waals surface area contributed by atoms with Crippen LogP contribution in [0.15, 0.2) is 54.7 Å². The number of rotatable bonds is 2. The maximum atomic E-state index is 9.32. The van der Waals surface area contributed by atoms with Crippen LogP contribution in [0.25, 0.3) is 21.9 Å². The van der Waals surface area contributed by atoms with Crippen LogP contribution >= 0.6 is 0 Å². The summed E-state index contributed by atoms with van der Waals surface area (Å²) >= 11 is 0. The molecule has 3 aromatic rings. The molecule has 0 aliphatic carbocycles. The van der Waals surface area contributed by atoms with Gasteiger partial charge in [-0.2, -0.15) is 0 Å². The van der Waals surface area contributed by atoms with Crippen molar-refractivity contribution in [1.82, 2.24) is 4.98 Å². The largest absolute Gasteiger partial charge is 0.556 e. The van der Waals surface area contributed by atoms with Crippen LogP contribution in [0.2, 0.25) is 0 Å². The van der Waals surface area contributed by atoms with E-state index in [0.717, 1.165) is 21.9 Å². The summed E-state index contributed by atoms with van der Waals surface area (Å²) in [5.41, 5.74) is 7.55. The van der Waals surface area contributed by atoms with E-state index in [0.29, 0.717) is 5.82 Å². The Morgan fingerprint density at radius 1 is 0.905 bits per heavy atom. The van der Waals surface area contributed by atoms with Gasteiger partial charge in [0.15, 0.2) is 0 Å². The predicted molar refractivity (Wildman–Crippen MR) is 83.6 cm³/mol. The third-order valence-corrected chi connectivity index (χ3v) is 3.46. The number of hydrogen-bond donors (Lipinski definition) is 4. The molecule has 0 unspecified atom stereocenters. The van der Waals surface area contributed by atoms with Crippen molar-refractivity contribution >= 4 is 28.8 Å². The fourth-order valence-electron chi connectivity index (χ4n) is 2.34. The molecule has 21 heavy (non-hydrogen) atoms. The van der Waals surface area contributed by atoms with Gasteiger partial charge in [-0.25, -0.2) is 4.98 Å². The van der Waals surface area contributed by atoms with E-state index in [9.17, 15) is 15.1 Å². The zero-order valence-electron chi connectivity index (χ0n) is 11.1. The molecular weight excluding hydrogens is 267 g/mol. The molecule has 106 valence electrons. The minimum Gasteiger partial charge on any atom is -0.556 e. The molecule has 1 heterocycles. The SMILES string of the molecule is Nc1nccc2cc(-c3cccc([B-](O)(O)O)c3)ccc12. The summed E-state index contributed by atoms with van der Waals surface area (Å²) in [6, 6.07) is 14.0. The van der Waals surface area contributed by atoms with E-state index < -0.39 is 6.75 Å². The molecule has 2 aromatic carbocycles. The summed E-state index contributed by atoms with van der Waals surface area (Å²) < 4.78 is 0. The summed E-state index contributed by atoms with van der Waals surface area (Å²) in [6.07, 6.45) is 1.64. The van der Waals surface area contributed by atoms with Crippen LogP contribution in [0.4, 0.5) is 5.82 Å². The second-order valence-corrected chi connectivity index (χ2v) is 4.99.